The lowest BCUT2D eigenvalue weighted by Gasteiger charge is -2.13. The molecule has 0 saturated carbocycles. The number of carbonyl (C=O) groups is 1. The number of aromatic nitrogens is 1. The number of amides is 1. The molecule has 0 bridgehead atoms. The molecule has 1 aromatic rings. The standard InChI is InChI=1S/C11H17N3O2/c1-13-4-3-8(5-13)9-6-14(7-10(9)12)11(15)16-2/h3-5,9-10H,6-7,12H2,1-2H3. The van der Waals surface area contributed by atoms with Gasteiger partial charge in [-0.2, -0.15) is 0 Å². The lowest BCUT2D eigenvalue weighted by atomic mass is 9.98. The molecule has 0 aromatic carbocycles. The minimum atomic E-state index is -0.297. The van der Waals surface area contributed by atoms with Crippen LogP contribution in [0.25, 0.3) is 0 Å². The van der Waals surface area contributed by atoms with Gasteiger partial charge in [0, 0.05) is 44.5 Å². The van der Waals surface area contributed by atoms with Crippen molar-refractivity contribution in [2.24, 2.45) is 12.8 Å². The van der Waals surface area contributed by atoms with Gasteiger partial charge in [-0.1, -0.05) is 0 Å². The van der Waals surface area contributed by atoms with Crippen molar-refractivity contribution in [1.82, 2.24) is 9.47 Å². The molecule has 1 aliphatic heterocycles. The fourth-order valence-corrected chi connectivity index (χ4v) is 2.20. The van der Waals surface area contributed by atoms with Crippen LogP contribution in [-0.4, -0.2) is 41.8 Å². The maximum absolute atomic E-state index is 11.4. The number of nitrogens with zero attached hydrogens (tertiary/aromatic N) is 2. The number of hydrogen-bond acceptors (Lipinski definition) is 3. The first-order valence-corrected chi connectivity index (χ1v) is 5.32. The first-order chi connectivity index (χ1) is 7.61. The molecule has 0 spiro atoms. The van der Waals surface area contributed by atoms with E-state index < -0.39 is 0 Å². The molecule has 2 heterocycles. The molecule has 88 valence electrons. The molecule has 1 aromatic heterocycles. The van der Waals surface area contributed by atoms with Crippen molar-refractivity contribution in [3.63, 3.8) is 0 Å². The number of likely N-dealkylation sites (tertiary alicyclic amines) is 1. The Labute approximate surface area is 94.8 Å². The predicted octanol–water partition coefficient (Wildman–Crippen LogP) is 0.518. The van der Waals surface area contributed by atoms with Gasteiger partial charge in [0.25, 0.3) is 0 Å². The third-order valence-corrected chi connectivity index (χ3v) is 3.08. The summed E-state index contributed by atoms with van der Waals surface area (Å²) in [6, 6.07) is 2.03. The van der Waals surface area contributed by atoms with E-state index in [0.717, 1.165) is 0 Å². The number of carbonyl (C=O) groups excluding carboxylic acids is 1. The van der Waals surface area contributed by atoms with Gasteiger partial charge in [-0.15, -0.1) is 0 Å². The van der Waals surface area contributed by atoms with Crippen LogP contribution >= 0.6 is 0 Å². The number of methoxy groups -OCH3 is 1. The summed E-state index contributed by atoms with van der Waals surface area (Å²) in [5.41, 5.74) is 7.23. The third-order valence-electron chi connectivity index (χ3n) is 3.08. The Morgan fingerprint density at radius 2 is 2.31 bits per heavy atom. The van der Waals surface area contributed by atoms with Crippen LogP contribution in [0.4, 0.5) is 4.79 Å². The Morgan fingerprint density at radius 3 is 2.88 bits per heavy atom. The van der Waals surface area contributed by atoms with Gasteiger partial charge in [0.1, 0.15) is 0 Å². The minimum Gasteiger partial charge on any atom is -0.453 e. The predicted molar refractivity (Wildman–Crippen MR) is 60.1 cm³/mol. The van der Waals surface area contributed by atoms with Crippen molar-refractivity contribution in [2.45, 2.75) is 12.0 Å². The molecule has 1 amide bonds. The Balaban J connectivity index is 2.10. The van der Waals surface area contributed by atoms with E-state index in [9.17, 15) is 4.79 Å². The topological polar surface area (TPSA) is 60.5 Å². The van der Waals surface area contributed by atoms with Gasteiger partial charge in [0.05, 0.1) is 7.11 Å². The van der Waals surface area contributed by atoms with Crippen LogP contribution in [-0.2, 0) is 11.8 Å². The molecule has 1 fully saturated rings. The maximum Gasteiger partial charge on any atom is 0.409 e. The van der Waals surface area contributed by atoms with Gasteiger partial charge < -0.3 is 19.9 Å². The van der Waals surface area contributed by atoms with E-state index in [1.165, 1.54) is 12.7 Å². The van der Waals surface area contributed by atoms with Gasteiger partial charge in [-0.25, -0.2) is 4.79 Å². The Kier molecular flexibility index (Phi) is 2.87. The first kappa shape index (κ1) is 11.0. The number of hydrogen-bond donors (Lipinski definition) is 1. The highest BCUT2D eigenvalue weighted by molar-refractivity contribution is 5.68. The summed E-state index contributed by atoms with van der Waals surface area (Å²) in [6.45, 7) is 1.20. The summed E-state index contributed by atoms with van der Waals surface area (Å²) in [6.07, 6.45) is 3.74. The maximum atomic E-state index is 11.4. The highest BCUT2D eigenvalue weighted by Crippen LogP contribution is 2.26. The number of rotatable bonds is 1. The quantitative estimate of drug-likeness (QED) is 0.755. The molecule has 16 heavy (non-hydrogen) atoms. The molecule has 2 unspecified atom stereocenters. The Morgan fingerprint density at radius 1 is 1.56 bits per heavy atom. The SMILES string of the molecule is COC(=O)N1CC(N)C(c2ccn(C)c2)C1. The fourth-order valence-electron chi connectivity index (χ4n) is 2.20. The molecule has 0 aliphatic carbocycles. The Bertz CT molecular complexity index is 388. The van der Waals surface area contributed by atoms with Crippen molar-refractivity contribution in [3.8, 4) is 0 Å². The summed E-state index contributed by atoms with van der Waals surface area (Å²) in [4.78, 5) is 13.0. The summed E-state index contributed by atoms with van der Waals surface area (Å²) >= 11 is 0. The second-order valence-electron chi connectivity index (χ2n) is 4.26. The van der Waals surface area contributed by atoms with Gasteiger partial charge in [-0.05, 0) is 11.6 Å². The van der Waals surface area contributed by atoms with E-state index in [0.29, 0.717) is 13.1 Å². The molecule has 5 heteroatoms. The van der Waals surface area contributed by atoms with E-state index in [1.54, 1.807) is 4.90 Å². The van der Waals surface area contributed by atoms with Crippen LogP contribution in [0.5, 0.6) is 0 Å². The molecule has 1 aliphatic rings. The van der Waals surface area contributed by atoms with Crippen molar-refractivity contribution in [3.05, 3.63) is 24.0 Å². The van der Waals surface area contributed by atoms with Crippen molar-refractivity contribution >= 4 is 6.09 Å². The zero-order valence-electron chi connectivity index (χ0n) is 9.59. The van der Waals surface area contributed by atoms with Crippen LogP contribution in [0.2, 0.25) is 0 Å². The lowest BCUT2D eigenvalue weighted by Crippen LogP contribution is -2.31. The van der Waals surface area contributed by atoms with E-state index in [4.69, 9.17) is 10.5 Å². The van der Waals surface area contributed by atoms with Crippen molar-refractivity contribution in [1.29, 1.82) is 0 Å². The molecule has 2 atom stereocenters. The molecule has 2 rings (SSSR count). The van der Waals surface area contributed by atoms with Crippen LogP contribution in [0.1, 0.15) is 11.5 Å². The average Bonchev–Trinajstić information content (AvgIpc) is 2.83. The number of ether oxygens (including phenoxy) is 1. The van der Waals surface area contributed by atoms with Crippen molar-refractivity contribution in [2.75, 3.05) is 20.2 Å². The summed E-state index contributed by atoms with van der Waals surface area (Å²) < 4.78 is 6.69. The zero-order chi connectivity index (χ0) is 11.7. The number of aryl methyl sites for hydroxylation is 1. The monoisotopic (exact) mass is 223 g/mol. The largest absolute Gasteiger partial charge is 0.453 e. The molecule has 0 radical (unpaired) electrons. The first-order valence-electron chi connectivity index (χ1n) is 5.32. The molecule has 2 N–H and O–H groups in total. The second-order valence-corrected chi connectivity index (χ2v) is 4.26. The van der Waals surface area contributed by atoms with Gasteiger partial charge in [0.2, 0.25) is 0 Å². The zero-order valence-corrected chi connectivity index (χ0v) is 9.59. The summed E-state index contributed by atoms with van der Waals surface area (Å²) in [5, 5.41) is 0. The van der Waals surface area contributed by atoms with Crippen LogP contribution in [0.3, 0.4) is 0 Å². The second kappa shape index (κ2) is 4.17. The highest BCUT2D eigenvalue weighted by Gasteiger charge is 2.34. The van der Waals surface area contributed by atoms with Gasteiger partial charge >= 0.3 is 6.09 Å². The highest BCUT2D eigenvalue weighted by atomic mass is 16.5. The molecule has 1 saturated heterocycles. The average molecular weight is 223 g/mol. The van der Waals surface area contributed by atoms with Crippen LogP contribution in [0.15, 0.2) is 18.5 Å². The lowest BCUT2D eigenvalue weighted by molar-refractivity contribution is 0.132. The van der Waals surface area contributed by atoms with Crippen LogP contribution < -0.4 is 5.73 Å². The van der Waals surface area contributed by atoms with E-state index in [2.05, 4.69) is 0 Å². The molecule has 5 nitrogen and oxygen atoms in total. The fraction of sp³-hybridized carbons (Fsp3) is 0.545. The summed E-state index contributed by atoms with van der Waals surface area (Å²) in [7, 11) is 3.37. The normalized spacial score (nSPS) is 24.8. The van der Waals surface area contributed by atoms with Crippen LogP contribution in [0, 0.1) is 0 Å². The van der Waals surface area contributed by atoms with Gasteiger partial charge in [-0.3, -0.25) is 0 Å². The third kappa shape index (κ3) is 1.90. The smallest absolute Gasteiger partial charge is 0.409 e. The summed E-state index contributed by atoms with van der Waals surface area (Å²) in [5.74, 6) is 0.209. The Hall–Kier alpha value is -1.49. The van der Waals surface area contributed by atoms with Crippen molar-refractivity contribution < 1.29 is 9.53 Å². The molecular formula is C11H17N3O2. The van der Waals surface area contributed by atoms with Gasteiger partial charge in [0.15, 0.2) is 0 Å². The van der Waals surface area contributed by atoms with E-state index in [1.807, 2.05) is 30.1 Å². The minimum absolute atomic E-state index is 0.0125. The van der Waals surface area contributed by atoms with E-state index >= 15 is 0 Å². The number of nitrogens with two attached hydrogens (primary N) is 1. The molecular weight excluding hydrogens is 206 g/mol. The van der Waals surface area contributed by atoms with E-state index in [-0.39, 0.29) is 18.1 Å².